The number of carbonyl (C=O) groups excluding carboxylic acids is 1. The molecular formula is C16H22F3N3O3. The lowest BCUT2D eigenvalue weighted by molar-refractivity contribution is -0.274. The predicted molar refractivity (Wildman–Crippen MR) is 87.6 cm³/mol. The number of piperazine rings is 1. The summed E-state index contributed by atoms with van der Waals surface area (Å²) in [5, 5.41) is 0. The molecule has 0 bridgehead atoms. The van der Waals surface area contributed by atoms with Gasteiger partial charge in [0.15, 0.2) is 5.75 Å². The number of hydrogen-bond acceptors (Lipinski definition) is 5. The highest BCUT2D eigenvalue weighted by molar-refractivity contribution is 5.69. The minimum Gasteiger partial charge on any atom is -0.444 e. The first-order chi connectivity index (χ1) is 11.4. The first kappa shape index (κ1) is 19.0. The van der Waals surface area contributed by atoms with Gasteiger partial charge in [-0.1, -0.05) is 0 Å². The summed E-state index contributed by atoms with van der Waals surface area (Å²) in [6.45, 7) is 6.66. The molecule has 2 N–H and O–H groups in total. The van der Waals surface area contributed by atoms with Crippen LogP contribution in [0.4, 0.5) is 29.3 Å². The van der Waals surface area contributed by atoms with Gasteiger partial charge in [-0.15, -0.1) is 13.2 Å². The average Bonchev–Trinajstić information content (AvgIpc) is 2.46. The fraction of sp³-hybridized carbons (Fsp3) is 0.562. The van der Waals surface area contributed by atoms with Gasteiger partial charge < -0.3 is 25.0 Å². The van der Waals surface area contributed by atoms with Crippen LogP contribution in [0.25, 0.3) is 0 Å². The van der Waals surface area contributed by atoms with E-state index in [0.717, 1.165) is 0 Å². The van der Waals surface area contributed by atoms with Crippen LogP contribution in [0.2, 0.25) is 0 Å². The summed E-state index contributed by atoms with van der Waals surface area (Å²) in [5.41, 5.74) is 5.68. The number of hydrogen-bond donors (Lipinski definition) is 1. The summed E-state index contributed by atoms with van der Waals surface area (Å²) in [7, 11) is 0. The van der Waals surface area contributed by atoms with Gasteiger partial charge in [-0.3, -0.25) is 0 Å². The summed E-state index contributed by atoms with van der Waals surface area (Å²) in [5.74, 6) is -0.313. The van der Waals surface area contributed by atoms with E-state index >= 15 is 0 Å². The van der Waals surface area contributed by atoms with E-state index in [9.17, 15) is 18.0 Å². The highest BCUT2D eigenvalue weighted by Crippen LogP contribution is 2.35. The highest BCUT2D eigenvalue weighted by Gasteiger charge is 2.33. The Labute approximate surface area is 144 Å². The van der Waals surface area contributed by atoms with E-state index in [-0.39, 0.29) is 11.4 Å². The van der Waals surface area contributed by atoms with E-state index in [0.29, 0.717) is 31.9 Å². The molecule has 1 aliphatic heterocycles. The number of halogens is 3. The zero-order valence-corrected chi connectivity index (χ0v) is 14.4. The Morgan fingerprint density at radius 2 is 1.72 bits per heavy atom. The van der Waals surface area contributed by atoms with Crippen LogP contribution in [0, 0.1) is 0 Å². The van der Waals surface area contributed by atoms with Crippen LogP contribution >= 0.6 is 0 Å². The maximum atomic E-state index is 12.6. The van der Waals surface area contributed by atoms with Gasteiger partial charge in [0.05, 0.1) is 5.69 Å². The molecule has 1 aromatic rings. The molecule has 6 nitrogen and oxygen atoms in total. The molecule has 0 spiro atoms. The molecule has 0 saturated carbocycles. The SMILES string of the molecule is CC(C)(C)OC(=O)N1CCN(c2cc(N)ccc2OC(F)(F)F)CC1. The van der Waals surface area contributed by atoms with Crippen LogP contribution in [0.3, 0.4) is 0 Å². The quantitative estimate of drug-likeness (QED) is 0.819. The second kappa shape index (κ2) is 6.89. The number of benzene rings is 1. The summed E-state index contributed by atoms with van der Waals surface area (Å²) < 4.78 is 47.1. The molecule has 2 rings (SSSR count). The molecule has 9 heteroatoms. The second-order valence-corrected chi connectivity index (χ2v) is 6.73. The monoisotopic (exact) mass is 361 g/mol. The molecule has 25 heavy (non-hydrogen) atoms. The van der Waals surface area contributed by atoms with Gasteiger partial charge in [0.2, 0.25) is 0 Å². The van der Waals surface area contributed by atoms with E-state index in [1.165, 1.54) is 23.1 Å². The molecule has 0 unspecified atom stereocenters. The number of nitrogens with zero attached hydrogens (tertiary/aromatic N) is 2. The Morgan fingerprint density at radius 1 is 1.12 bits per heavy atom. The fourth-order valence-corrected chi connectivity index (χ4v) is 2.45. The zero-order valence-electron chi connectivity index (χ0n) is 14.4. The Balaban J connectivity index is 2.07. The minimum absolute atomic E-state index is 0.251. The first-order valence-corrected chi connectivity index (χ1v) is 7.83. The Morgan fingerprint density at radius 3 is 2.24 bits per heavy atom. The number of nitrogens with two attached hydrogens (primary N) is 1. The van der Waals surface area contributed by atoms with Crippen LogP contribution in [0.1, 0.15) is 20.8 Å². The van der Waals surface area contributed by atoms with Gasteiger partial charge in [-0.05, 0) is 39.0 Å². The molecule has 1 saturated heterocycles. The fourth-order valence-electron chi connectivity index (χ4n) is 2.45. The van der Waals surface area contributed by atoms with E-state index in [2.05, 4.69) is 4.74 Å². The molecule has 1 heterocycles. The van der Waals surface area contributed by atoms with Gasteiger partial charge in [0.25, 0.3) is 0 Å². The van der Waals surface area contributed by atoms with Crippen molar-refractivity contribution in [3.05, 3.63) is 18.2 Å². The third-order valence-corrected chi connectivity index (χ3v) is 3.48. The summed E-state index contributed by atoms with van der Waals surface area (Å²) in [6.07, 6.45) is -5.23. The third kappa shape index (κ3) is 5.61. The van der Waals surface area contributed by atoms with Gasteiger partial charge in [0, 0.05) is 31.9 Å². The number of anilines is 2. The van der Waals surface area contributed by atoms with E-state index in [1.54, 1.807) is 25.7 Å². The molecule has 1 fully saturated rings. The topological polar surface area (TPSA) is 68.0 Å². The van der Waals surface area contributed by atoms with Crippen molar-refractivity contribution in [1.29, 1.82) is 0 Å². The molecule has 0 aromatic heterocycles. The van der Waals surface area contributed by atoms with E-state index < -0.39 is 18.1 Å². The minimum atomic E-state index is -4.79. The summed E-state index contributed by atoms with van der Waals surface area (Å²) >= 11 is 0. The highest BCUT2D eigenvalue weighted by atomic mass is 19.4. The molecule has 1 aliphatic rings. The number of carbonyl (C=O) groups is 1. The van der Waals surface area contributed by atoms with Crippen LogP contribution < -0.4 is 15.4 Å². The number of rotatable bonds is 2. The maximum Gasteiger partial charge on any atom is 0.573 e. The average molecular weight is 361 g/mol. The van der Waals surface area contributed by atoms with Gasteiger partial charge in [0.1, 0.15) is 5.60 Å². The van der Waals surface area contributed by atoms with Crippen molar-refractivity contribution in [2.75, 3.05) is 36.8 Å². The molecule has 0 radical (unpaired) electrons. The van der Waals surface area contributed by atoms with Crippen molar-refractivity contribution in [1.82, 2.24) is 4.90 Å². The molecular weight excluding hydrogens is 339 g/mol. The van der Waals surface area contributed by atoms with Crippen molar-refractivity contribution < 1.29 is 27.4 Å². The lowest BCUT2D eigenvalue weighted by Crippen LogP contribution is -2.50. The van der Waals surface area contributed by atoms with Crippen molar-refractivity contribution in [2.45, 2.75) is 32.7 Å². The lowest BCUT2D eigenvalue weighted by Gasteiger charge is -2.37. The van der Waals surface area contributed by atoms with Crippen LogP contribution in [0.5, 0.6) is 5.75 Å². The lowest BCUT2D eigenvalue weighted by atomic mass is 10.2. The van der Waals surface area contributed by atoms with Crippen LogP contribution in [0.15, 0.2) is 18.2 Å². The molecule has 1 amide bonds. The summed E-state index contributed by atoms with van der Waals surface area (Å²) in [6, 6.07) is 3.98. The Hall–Kier alpha value is -2.32. The first-order valence-electron chi connectivity index (χ1n) is 7.83. The largest absolute Gasteiger partial charge is 0.573 e. The van der Waals surface area contributed by atoms with Crippen molar-refractivity contribution in [3.63, 3.8) is 0 Å². The van der Waals surface area contributed by atoms with Crippen molar-refractivity contribution >= 4 is 17.5 Å². The molecule has 140 valence electrons. The number of alkyl halides is 3. The Kier molecular flexibility index (Phi) is 5.24. The van der Waals surface area contributed by atoms with Gasteiger partial charge in [-0.2, -0.15) is 0 Å². The van der Waals surface area contributed by atoms with Crippen LogP contribution in [-0.2, 0) is 4.74 Å². The van der Waals surface area contributed by atoms with E-state index in [1.807, 2.05) is 0 Å². The van der Waals surface area contributed by atoms with Crippen molar-refractivity contribution in [2.24, 2.45) is 0 Å². The van der Waals surface area contributed by atoms with Crippen LogP contribution in [-0.4, -0.2) is 49.1 Å². The normalized spacial score (nSPS) is 15.9. The predicted octanol–water partition coefficient (Wildman–Crippen LogP) is 3.22. The molecule has 1 aromatic carbocycles. The Bertz CT molecular complexity index is 621. The van der Waals surface area contributed by atoms with E-state index in [4.69, 9.17) is 10.5 Å². The maximum absolute atomic E-state index is 12.6. The zero-order chi connectivity index (χ0) is 18.8. The molecule has 0 aliphatic carbocycles. The third-order valence-electron chi connectivity index (χ3n) is 3.48. The number of ether oxygens (including phenoxy) is 2. The smallest absolute Gasteiger partial charge is 0.444 e. The van der Waals surface area contributed by atoms with Crippen molar-refractivity contribution in [3.8, 4) is 5.75 Å². The standard InChI is InChI=1S/C16H22F3N3O3/c1-15(2,3)25-14(23)22-8-6-21(7-9-22)12-10-11(20)4-5-13(12)24-16(17,18)19/h4-5,10H,6-9,20H2,1-3H3. The van der Waals surface area contributed by atoms with Gasteiger partial charge >= 0.3 is 12.5 Å². The summed E-state index contributed by atoms with van der Waals surface area (Å²) in [4.78, 5) is 15.3. The number of amides is 1. The van der Waals surface area contributed by atoms with Gasteiger partial charge in [-0.25, -0.2) is 4.79 Å². The number of nitrogen functional groups attached to an aromatic ring is 1. The molecule has 0 atom stereocenters. The second-order valence-electron chi connectivity index (χ2n) is 6.73.